The molecule has 0 aliphatic rings. The third-order valence-electron chi connectivity index (χ3n) is 4.18. The number of methoxy groups -OCH3 is 1. The molecule has 0 aliphatic carbocycles. The van der Waals surface area contributed by atoms with Crippen LogP contribution in [-0.4, -0.2) is 33.4 Å². The number of ether oxygens (including phenoxy) is 1. The summed E-state index contributed by atoms with van der Waals surface area (Å²) in [7, 11) is -2.76. The summed E-state index contributed by atoms with van der Waals surface area (Å²) in [6.07, 6.45) is 0.743. The molecule has 0 saturated carbocycles. The molecule has 0 aliphatic heterocycles. The first-order valence-electron chi connectivity index (χ1n) is 9.06. The average molecular weight is 420 g/mol. The highest BCUT2D eigenvalue weighted by Gasteiger charge is 2.23. The van der Waals surface area contributed by atoms with Gasteiger partial charge < -0.3 is 15.4 Å². The molecule has 0 unspecified atom stereocenters. The van der Waals surface area contributed by atoms with Crippen LogP contribution in [0, 0.1) is 0 Å². The molecule has 2 aromatic rings. The smallest absolute Gasteiger partial charge is 0.265 e. The molecule has 3 N–H and O–H groups in total. The van der Waals surface area contributed by atoms with Gasteiger partial charge in [0.05, 0.1) is 18.4 Å². The lowest BCUT2D eigenvalue weighted by Crippen LogP contribution is -2.32. The van der Waals surface area contributed by atoms with E-state index in [2.05, 4.69) is 15.4 Å². The number of carbonyl (C=O) groups is 2. The molecular formula is C20H25N3O5S. The zero-order chi connectivity index (χ0) is 21.6. The second-order valence-corrected chi connectivity index (χ2v) is 8.13. The Labute approximate surface area is 170 Å². The van der Waals surface area contributed by atoms with Crippen LogP contribution in [0.4, 0.5) is 11.4 Å². The quantitative estimate of drug-likeness (QED) is 0.609. The molecule has 29 heavy (non-hydrogen) atoms. The Bertz CT molecular complexity index is 1000. The van der Waals surface area contributed by atoms with Gasteiger partial charge in [0.1, 0.15) is 10.6 Å². The van der Waals surface area contributed by atoms with Crippen LogP contribution in [-0.2, 0) is 14.8 Å². The Morgan fingerprint density at radius 1 is 1.14 bits per heavy atom. The van der Waals surface area contributed by atoms with Gasteiger partial charge in [0.15, 0.2) is 0 Å². The molecule has 1 atom stereocenters. The first-order chi connectivity index (χ1) is 13.7. The number of benzene rings is 2. The Hall–Kier alpha value is -3.07. The summed E-state index contributed by atoms with van der Waals surface area (Å²) >= 11 is 0. The number of amides is 2. The number of carbonyl (C=O) groups excluding carboxylic acids is 2. The van der Waals surface area contributed by atoms with Gasteiger partial charge in [0.2, 0.25) is 5.91 Å². The second kappa shape index (κ2) is 9.42. The molecule has 156 valence electrons. The maximum Gasteiger partial charge on any atom is 0.265 e. The van der Waals surface area contributed by atoms with Crippen LogP contribution in [0.15, 0.2) is 47.4 Å². The van der Waals surface area contributed by atoms with Crippen molar-refractivity contribution in [2.45, 2.75) is 38.1 Å². The minimum absolute atomic E-state index is 0.0541. The largest absolute Gasteiger partial charge is 0.495 e. The molecule has 0 fully saturated rings. The molecular weight excluding hydrogens is 394 g/mol. The summed E-state index contributed by atoms with van der Waals surface area (Å²) in [6, 6.07) is 10.6. The Morgan fingerprint density at radius 3 is 2.45 bits per heavy atom. The highest BCUT2D eigenvalue weighted by atomic mass is 32.2. The molecule has 0 saturated heterocycles. The summed E-state index contributed by atoms with van der Waals surface area (Å²) in [5.41, 5.74) is 0.648. The van der Waals surface area contributed by atoms with Crippen LogP contribution in [0.25, 0.3) is 0 Å². The van der Waals surface area contributed by atoms with Crippen LogP contribution in [0.3, 0.4) is 0 Å². The summed E-state index contributed by atoms with van der Waals surface area (Å²) in [6.45, 7) is 5.12. The van der Waals surface area contributed by atoms with E-state index < -0.39 is 10.0 Å². The van der Waals surface area contributed by atoms with E-state index in [0.717, 1.165) is 6.42 Å². The van der Waals surface area contributed by atoms with Crippen LogP contribution in [0.5, 0.6) is 5.75 Å². The number of nitrogens with one attached hydrogen (secondary N) is 3. The number of rotatable bonds is 8. The van der Waals surface area contributed by atoms with E-state index >= 15 is 0 Å². The van der Waals surface area contributed by atoms with Crippen molar-refractivity contribution in [1.82, 2.24) is 5.32 Å². The Morgan fingerprint density at radius 2 is 1.83 bits per heavy atom. The van der Waals surface area contributed by atoms with E-state index in [0.29, 0.717) is 5.69 Å². The van der Waals surface area contributed by atoms with Crippen molar-refractivity contribution in [3.05, 3.63) is 48.0 Å². The van der Waals surface area contributed by atoms with Gasteiger partial charge in [-0.1, -0.05) is 19.1 Å². The predicted molar refractivity (Wildman–Crippen MR) is 112 cm³/mol. The topological polar surface area (TPSA) is 114 Å². The minimum Gasteiger partial charge on any atom is -0.495 e. The van der Waals surface area contributed by atoms with Crippen molar-refractivity contribution in [3.63, 3.8) is 0 Å². The van der Waals surface area contributed by atoms with Gasteiger partial charge in [-0.15, -0.1) is 0 Å². The van der Waals surface area contributed by atoms with Crippen molar-refractivity contribution >= 4 is 33.2 Å². The predicted octanol–water partition coefficient (Wildman–Crippen LogP) is 2.98. The zero-order valence-electron chi connectivity index (χ0n) is 16.8. The summed E-state index contributed by atoms with van der Waals surface area (Å²) in [4.78, 5) is 23.7. The number of para-hydroxylation sites is 1. The zero-order valence-corrected chi connectivity index (χ0v) is 17.6. The third-order valence-corrected chi connectivity index (χ3v) is 5.57. The van der Waals surface area contributed by atoms with Gasteiger partial charge in [-0.05, 0) is 43.7 Å². The van der Waals surface area contributed by atoms with Gasteiger partial charge in [-0.25, -0.2) is 8.42 Å². The van der Waals surface area contributed by atoms with Gasteiger partial charge in [0, 0.05) is 18.7 Å². The summed E-state index contributed by atoms with van der Waals surface area (Å²) in [5, 5.41) is 5.36. The molecule has 2 rings (SSSR count). The normalized spacial score (nSPS) is 12.0. The Kier molecular flexibility index (Phi) is 7.22. The maximum atomic E-state index is 13.0. The van der Waals surface area contributed by atoms with Crippen molar-refractivity contribution in [1.29, 1.82) is 0 Å². The lowest BCUT2D eigenvalue weighted by molar-refractivity contribution is -0.114. The molecule has 0 radical (unpaired) electrons. The first kappa shape index (κ1) is 22.2. The molecule has 0 aromatic heterocycles. The fourth-order valence-electron chi connectivity index (χ4n) is 2.54. The molecule has 0 bridgehead atoms. The van der Waals surface area contributed by atoms with Gasteiger partial charge in [-0.2, -0.15) is 0 Å². The molecule has 0 spiro atoms. The fourth-order valence-corrected chi connectivity index (χ4v) is 3.82. The van der Waals surface area contributed by atoms with Gasteiger partial charge in [0.25, 0.3) is 15.9 Å². The fraction of sp³-hybridized carbons (Fsp3) is 0.300. The summed E-state index contributed by atoms with van der Waals surface area (Å²) in [5.74, 6) is -0.608. The highest BCUT2D eigenvalue weighted by Crippen LogP contribution is 2.29. The highest BCUT2D eigenvalue weighted by molar-refractivity contribution is 7.92. The monoisotopic (exact) mass is 419 g/mol. The maximum absolute atomic E-state index is 13.0. The van der Waals surface area contributed by atoms with Crippen LogP contribution in [0.2, 0.25) is 0 Å². The lowest BCUT2D eigenvalue weighted by atomic mass is 10.1. The first-order valence-corrected chi connectivity index (χ1v) is 10.5. The lowest BCUT2D eigenvalue weighted by Gasteiger charge is -2.17. The van der Waals surface area contributed by atoms with E-state index in [1.807, 2.05) is 13.8 Å². The van der Waals surface area contributed by atoms with Crippen molar-refractivity contribution in [2.75, 3.05) is 17.1 Å². The molecule has 9 heteroatoms. The van der Waals surface area contributed by atoms with E-state index in [4.69, 9.17) is 4.74 Å². The van der Waals surface area contributed by atoms with Crippen molar-refractivity contribution in [3.8, 4) is 5.75 Å². The van der Waals surface area contributed by atoms with Crippen LogP contribution in [0.1, 0.15) is 37.6 Å². The number of hydrogen-bond donors (Lipinski definition) is 3. The molecule has 0 heterocycles. The number of anilines is 2. The van der Waals surface area contributed by atoms with E-state index in [1.54, 1.807) is 18.2 Å². The van der Waals surface area contributed by atoms with E-state index in [-0.39, 0.29) is 39.8 Å². The van der Waals surface area contributed by atoms with Gasteiger partial charge in [-0.3, -0.25) is 14.3 Å². The van der Waals surface area contributed by atoms with Crippen LogP contribution >= 0.6 is 0 Å². The molecule has 8 nitrogen and oxygen atoms in total. The number of hydrogen-bond acceptors (Lipinski definition) is 5. The standard InChI is InChI=1S/C20H25N3O5S/c1-5-13(2)21-20(25)16-8-6-7-9-17(16)23-29(26,27)19-12-15(22-14(3)24)10-11-18(19)28-4/h6-13,23H,5H2,1-4H3,(H,21,25)(H,22,24)/t13-/m0/s1. The van der Waals surface area contributed by atoms with E-state index in [9.17, 15) is 18.0 Å². The van der Waals surface area contributed by atoms with Crippen LogP contribution < -0.4 is 20.1 Å². The average Bonchev–Trinajstić information content (AvgIpc) is 2.67. The Balaban J connectivity index is 2.42. The van der Waals surface area contributed by atoms with Crippen molar-refractivity contribution < 1.29 is 22.7 Å². The van der Waals surface area contributed by atoms with Crippen molar-refractivity contribution in [2.24, 2.45) is 0 Å². The van der Waals surface area contributed by atoms with E-state index in [1.165, 1.54) is 38.3 Å². The molecule has 2 aromatic carbocycles. The number of sulfonamides is 1. The minimum atomic E-state index is -4.11. The van der Waals surface area contributed by atoms with Gasteiger partial charge >= 0.3 is 0 Å². The SMILES string of the molecule is CC[C@H](C)NC(=O)c1ccccc1NS(=O)(=O)c1cc(NC(C)=O)ccc1OC. The second-order valence-electron chi connectivity index (χ2n) is 6.48. The summed E-state index contributed by atoms with van der Waals surface area (Å²) < 4.78 is 33.7. The third kappa shape index (κ3) is 5.71. The molecule has 2 amide bonds.